The fourth-order valence-corrected chi connectivity index (χ4v) is 1.58. The molecule has 1 heterocycles. The van der Waals surface area contributed by atoms with Gasteiger partial charge >= 0.3 is 67.2 Å². The van der Waals surface area contributed by atoms with Gasteiger partial charge in [-0.3, -0.25) is 0 Å². The summed E-state index contributed by atoms with van der Waals surface area (Å²) in [6.45, 7) is 0. The van der Waals surface area contributed by atoms with Crippen LogP contribution in [-0.4, -0.2) is 25.5 Å². The Morgan fingerprint density at radius 2 is 2.10 bits per heavy atom. The van der Waals surface area contributed by atoms with E-state index in [1.165, 1.54) is 5.52 Å². The number of hydrogen-bond acceptors (Lipinski definition) is 1. The van der Waals surface area contributed by atoms with Crippen LogP contribution in [0.5, 0.6) is 0 Å². The number of fused-ring (bicyclic) bond motifs is 1. The van der Waals surface area contributed by atoms with Crippen LogP contribution in [0, 0.1) is 0 Å². The summed E-state index contributed by atoms with van der Waals surface area (Å²) in [4.78, 5) is 4.20. The molecule has 0 amide bonds. The van der Waals surface area contributed by atoms with Gasteiger partial charge in [0.15, 0.2) is 0 Å². The Labute approximate surface area is 67.6 Å². The van der Waals surface area contributed by atoms with Crippen molar-refractivity contribution in [2.75, 3.05) is 0 Å². The Morgan fingerprint density at radius 1 is 1.30 bits per heavy atom. The van der Waals surface area contributed by atoms with Crippen molar-refractivity contribution in [3.05, 3.63) is 30.6 Å². The Kier molecular flexibility index (Phi) is 1.28. The molecular weight excluding hydrogens is 187 g/mol. The Bertz CT molecular complexity index is 353. The van der Waals surface area contributed by atoms with Crippen LogP contribution in [0.3, 0.4) is 0 Å². The van der Waals surface area contributed by atoms with Crippen LogP contribution < -0.4 is 0 Å². The van der Waals surface area contributed by atoms with E-state index in [2.05, 4.69) is 14.5 Å². The summed E-state index contributed by atoms with van der Waals surface area (Å²) in [7, 11) is 0. The van der Waals surface area contributed by atoms with E-state index in [9.17, 15) is 0 Å². The zero-order valence-corrected chi connectivity index (χ0v) is 7.78. The molecule has 2 aromatic rings. The van der Waals surface area contributed by atoms with Gasteiger partial charge in [-0.2, -0.15) is 0 Å². The van der Waals surface area contributed by atoms with Crippen LogP contribution in [0.1, 0.15) is 0 Å². The molecule has 50 valence electrons. The van der Waals surface area contributed by atoms with Crippen molar-refractivity contribution in [1.82, 2.24) is 8.47 Å². The van der Waals surface area contributed by atoms with Crippen molar-refractivity contribution in [2.24, 2.45) is 0 Å². The fourth-order valence-electron chi connectivity index (χ4n) is 0.978. The van der Waals surface area contributed by atoms with Crippen LogP contribution >= 0.6 is 0 Å². The molecule has 1 aromatic carbocycles. The molecule has 10 heavy (non-hydrogen) atoms. The summed E-state index contributed by atoms with van der Waals surface area (Å²) >= 11 is 1.55. The molecule has 1 aromatic heterocycles. The van der Waals surface area contributed by atoms with E-state index in [1.54, 1.807) is 17.1 Å². The molecule has 0 aliphatic heterocycles. The first kappa shape index (κ1) is 5.99. The van der Waals surface area contributed by atoms with Gasteiger partial charge in [-0.25, -0.2) is 0 Å². The molecule has 2 nitrogen and oxygen atoms in total. The summed E-state index contributed by atoms with van der Waals surface area (Å²) in [6.07, 6.45) is 1.85. The van der Waals surface area contributed by atoms with Gasteiger partial charge in [0.2, 0.25) is 0 Å². The van der Waals surface area contributed by atoms with Gasteiger partial charge in [-0.05, 0) is 0 Å². The normalized spacial score (nSPS) is 10.5. The van der Waals surface area contributed by atoms with Gasteiger partial charge in [-0.15, -0.1) is 0 Å². The number of nitrogens with zero attached hydrogens (tertiary/aromatic N) is 2. The van der Waals surface area contributed by atoms with E-state index in [1.807, 2.05) is 24.5 Å². The van der Waals surface area contributed by atoms with Crippen molar-refractivity contribution < 1.29 is 0 Å². The molecule has 0 saturated heterocycles. The molecule has 0 aliphatic carbocycles. The van der Waals surface area contributed by atoms with Crippen LogP contribution in [0.25, 0.3) is 11.0 Å². The zero-order chi connectivity index (χ0) is 6.97. The number of para-hydroxylation sites is 2. The van der Waals surface area contributed by atoms with E-state index < -0.39 is 0 Å². The number of hydrogen-bond donors (Lipinski definition) is 0. The fraction of sp³-hybridized carbons (Fsp3) is 0. The van der Waals surface area contributed by atoms with Crippen LogP contribution in [0.2, 0.25) is 0 Å². The third-order valence-corrected chi connectivity index (χ3v) is 2.34. The first-order chi connectivity index (χ1) is 4.88. The van der Waals surface area contributed by atoms with Crippen LogP contribution in [0.15, 0.2) is 30.6 Å². The Morgan fingerprint density at radius 3 is 2.90 bits per heavy atom. The molecule has 2 rings (SSSR count). The molecule has 1 unspecified atom stereocenters. The molecule has 0 saturated carbocycles. The first-order valence-electron chi connectivity index (χ1n) is 3.05. The maximum atomic E-state index is 4.20. The second-order valence-electron chi connectivity index (χ2n) is 2.14. The second kappa shape index (κ2) is 2.13. The van der Waals surface area contributed by atoms with E-state index in [4.69, 9.17) is 0 Å². The Balaban J connectivity index is 2.93. The molecule has 1 atom stereocenters. The predicted molar refractivity (Wildman–Crippen MR) is 43.7 cm³/mol. The number of imidazole rings is 1. The van der Waals surface area contributed by atoms with Gasteiger partial charge in [-0.1, -0.05) is 0 Å². The average Bonchev–Trinajstić information content (AvgIpc) is 2.34. The predicted octanol–water partition coefficient (Wildman–Crippen LogP) is 0.432. The number of rotatable bonds is 0. The van der Waals surface area contributed by atoms with Gasteiger partial charge in [0.05, 0.1) is 0 Å². The van der Waals surface area contributed by atoms with Gasteiger partial charge < -0.3 is 0 Å². The molecular formula is C7H7AsN2. The van der Waals surface area contributed by atoms with E-state index >= 15 is 0 Å². The summed E-state index contributed by atoms with van der Waals surface area (Å²) < 4.78 is 2.07. The molecule has 3 heteroatoms. The molecule has 0 N–H and O–H groups in total. The van der Waals surface area contributed by atoms with Gasteiger partial charge in [0, 0.05) is 0 Å². The molecule has 0 aliphatic rings. The van der Waals surface area contributed by atoms with E-state index in [0.29, 0.717) is 0 Å². The van der Waals surface area contributed by atoms with Crippen molar-refractivity contribution in [1.29, 1.82) is 0 Å². The standard InChI is InChI=1S/C7H7AsN2/c8-10-5-9-6-3-1-2-4-7(6)10/h1-5H,8H2. The topological polar surface area (TPSA) is 17.8 Å². The van der Waals surface area contributed by atoms with Crippen LogP contribution in [0.4, 0.5) is 0 Å². The van der Waals surface area contributed by atoms with E-state index in [-0.39, 0.29) is 0 Å². The summed E-state index contributed by atoms with van der Waals surface area (Å²) in [5.74, 6) is 0. The summed E-state index contributed by atoms with van der Waals surface area (Å²) in [5, 5.41) is 0. The third kappa shape index (κ3) is 0.764. The van der Waals surface area contributed by atoms with Crippen molar-refractivity contribution in [2.45, 2.75) is 0 Å². The number of aromatic nitrogens is 2. The van der Waals surface area contributed by atoms with Crippen molar-refractivity contribution in [3.8, 4) is 0 Å². The van der Waals surface area contributed by atoms with Gasteiger partial charge in [0.25, 0.3) is 0 Å². The average molecular weight is 194 g/mol. The molecule has 0 radical (unpaired) electrons. The van der Waals surface area contributed by atoms with Crippen molar-refractivity contribution in [3.63, 3.8) is 0 Å². The van der Waals surface area contributed by atoms with Gasteiger partial charge in [0.1, 0.15) is 0 Å². The number of benzene rings is 1. The summed E-state index contributed by atoms with van der Waals surface area (Å²) in [6, 6.07) is 8.12. The minimum absolute atomic E-state index is 1.08. The second-order valence-corrected chi connectivity index (χ2v) is 3.31. The quantitative estimate of drug-likeness (QED) is 0.556. The molecule has 0 fully saturated rings. The SMILES string of the molecule is [AsH2]n1cnc2ccccc21. The Hall–Kier alpha value is -0.752. The monoisotopic (exact) mass is 194 g/mol. The molecule has 0 bridgehead atoms. The third-order valence-electron chi connectivity index (χ3n) is 1.48. The minimum atomic E-state index is 1.08. The molecule has 0 spiro atoms. The van der Waals surface area contributed by atoms with E-state index in [0.717, 1.165) is 5.52 Å². The van der Waals surface area contributed by atoms with Crippen molar-refractivity contribution >= 4 is 28.1 Å². The zero-order valence-electron chi connectivity index (χ0n) is 5.36. The summed E-state index contributed by atoms with van der Waals surface area (Å²) in [5.41, 5.74) is 2.29. The maximum absolute atomic E-state index is 4.20. The first-order valence-corrected chi connectivity index (χ1v) is 4.13. The van der Waals surface area contributed by atoms with Crippen LogP contribution in [-0.2, 0) is 0 Å².